The first-order chi connectivity index (χ1) is 10.3. The van der Waals surface area contributed by atoms with Crippen molar-refractivity contribution in [1.82, 2.24) is 10.2 Å². The maximum atomic E-state index is 3.78. The minimum atomic E-state index is 0.780. The molecule has 0 spiro atoms. The zero-order valence-electron chi connectivity index (χ0n) is 13.1. The molecule has 116 valence electrons. The highest BCUT2D eigenvalue weighted by Gasteiger charge is 2.28. The molecule has 0 aromatic heterocycles. The van der Waals surface area contributed by atoms with Crippen LogP contribution >= 0.6 is 15.9 Å². The second-order valence-electron chi connectivity index (χ2n) is 6.64. The van der Waals surface area contributed by atoms with Gasteiger partial charge >= 0.3 is 0 Å². The summed E-state index contributed by atoms with van der Waals surface area (Å²) < 4.78 is 1.28. The van der Waals surface area contributed by atoms with Crippen molar-refractivity contribution >= 4 is 15.9 Å². The first-order valence-corrected chi connectivity index (χ1v) is 9.30. The molecule has 0 radical (unpaired) electrons. The fourth-order valence-corrected chi connectivity index (χ4v) is 3.34. The van der Waals surface area contributed by atoms with Gasteiger partial charge < -0.3 is 5.32 Å². The van der Waals surface area contributed by atoms with Crippen molar-refractivity contribution in [2.45, 2.75) is 70.6 Å². The third-order valence-corrected chi connectivity index (χ3v) is 5.26. The Balaban J connectivity index is 1.57. The molecule has 2 aliphatic rings. The first-order valence-electron chi connectivity index (χ1n) is 8.51. The molecule has 1 aromatic carbocycles. The Bertz CT molecular complexity index is 466. The molecular weight excluding hydrogens is 324 g/mol. The molecule has 0 heterocycles. The van der Waals surface area contributed by atoms with Crippen molar-refractivity contribution in [3.8, 4) is 0 Å². The lowest BCUT2D eigenvalue weighted by Gasteiger charge is -2.22. The van der Waals surface area contributed by atoms with Crippen LogP contribution in [0.1, 0.15) is 56.6 Å². The van der Waals surface area contributed by atoms with E-state index in [1.54, 1.807) is 0 Å². The molecule has 0 aliphatic heterocycles. The summed E-state index contributed by atoms with van der Waals surface area (Å²) in [6.45, 7) is 5.63. The van der Waals surface area contributed by atoms with Crippen molar-refractivity contribution in [3.63, 3.8) is 0 Å². The molecule has 2 saturated carbocycles. The Morgan fingerprint density at radius 2 is 2.05 bits per heavy atom. The second-order valence-corrected chi connectivity index (χ2v) is 7.49. The van der Waals surface area contributed by atoms with Gasteiger partial charge in [-0.3, -0.25) is 4.90 Å². The normalized spacial score (nSPS) is 18.4. The predicted octanol–water partition coefficient (Wildman–Crippen LogP) is 4.47. The summed E-state index contributed by atoms with van der Waals surface area (Å²) in [4.78, 5) is 2.67. The average molecular weight is 351 g/mol. The Labute approximate surface area is 137 Å². The highest BCUT2D eigenvalue weighted by Crippen LogP contribution is 2.30. The molecule has 0 amide bonds. The van der Waals surface area contributed by atoms with Crippen LogP contribution in [0.5, 0.6) is 0 Å². The van der Waals surface area contributed by atoms with Gasteiger partial charge in [0.2, 0.25) is 0 Å². The number of nitrogens with one attached hydrogen (secondary N) is 1. The summed E-state index contributed by atoms with van der Waals surface area (Å²) in [5.74, 6) is 0. The molecule has 0 bridgehead atoms. The quantitative estimate of drug-likeness (QED) is 0.706. The maximum Gasteiger partial charge on any atom is 0.0247 e. The minimum Gasteiger partial charge on any atom is -0.310 e. The number of rotatable bonds is 9. The van der Waals surface area contributed by atoms with Crippen molar-refractivity contribution in [2.24, 2.45) is 0 Å². The molecule has 0 saturated heterocycles. The van der Waals surface area contributed by atoms with Gasteiger partial charge in [0.15, 0.2) is 0 Å². The summed E-state index contributed by atoms with van der Waals surface area (Å²) >= 11 is 3.78. The first kappa shape index (κ1) is 15.5. The van der Waals surface area contributed by atoms with Crippen LogP contribution in [0, 0.1) is 0 Å². The molecule has 21 heavy (non-hydrogen) atoms. The third-order valence-electron chi connectivity index (χ3n) is 4.53. The Kier molecular flexibility index (Phi) is 5.36. The van der Waals surface area contributed by atoms with E-state index < -0.39 is 0 Å². The Morgan fingerprint density at radius 3 is 2.67 bits per heavy atom. The molecule has 2 fully saturated rings. The van der Waals surface area contributed by atoms with Gasteiger partial charge in [0.1, 0.15) is 0 Å². The summed E-state index contributed by atoms with van der Waals surface area (Å²) in [6.07, 6.45) is 8.10. The van der Waals surface area contributed by atoms with Gasteiger partial charge in [-0.15, -0.1) is 0 Å². The van der Waals surface area contributed by atoms with E-state index >= 15 is 0 Å². The van der Waals surface area contributed by atoms with E-state index in [0.717, 1.165) is 25.2 Å². The summed E-state index contributed by atoms with van der Waals surface area (Å²) in [6, 6.07) is 8.54. The largest absolute Gasteiger partial charge is 0.310 e. The van der Waals surface area contributed by atoms with Crippen LogP contribution in [0.15, 0.2) is 22.7 Å². The van der Waals surface area contributed by atoms with E-state index in [1.807, 2.05) is 0 Å². The van der Waals surface area contributed by atoms with Crippen LogP contribution in [-0.4, -0.2) is 23.5 Å². The lowest BCUT2D eigenvalue weighted by atomic mass is 10.1. The summed E-state index contributed by atoms with van der Waals surface area (Å²) in [5, 5.41) is 3.59. The highest BCUT2D eigenvalue weighted by molar-refractivity contribution is 9.10. The molecule has 1 N–H and O–H groups in total. The van der Waals surface area contributed by atoms with Gasteiger partial charge in [0.25, 0.3) is 0 Å². The molecule has 2 nitrogen and oxygen atoms in total. The van der Waals surface area contributed by atoms with Crippen LogP contribution in [0.4, 0.5) is 0 Å². The van der Waals surface area contributed by atoms with Crippen molar-refractivity contribution in [3.05, 3.63) is 33.8 Å². The van der Waals surface area contributed by atoms with Gasteiger partial charge in [-0.2, -0.15) is 0 Å². The highest BCUT2D eigenvalue weighted by atomic mass is 79.9. The van der Waals surface area contributed by atoms with Crippen LogP contribution in [0.2, 0.25) is 0 Å². The average Bonchev–Trinajstić information content (AvgIpc) is 3.37. The van der Waals surface area contributed by atoms with Gasteiger partial charge in [0, 0.05) is 29.6 Å². The maximum absolute atomic E-state index is 3.78. The van der Waals surface area contributed by atoms with E-state index in [0.29, 0.717) is 0 Å². The van der Waals surface area contributed by atoms with Crippen LogP contribution < -0.4 is 5.32 Å². The Morgan fingerprint density at radius 1 is 1.24 bits per heavy atom. The molecule has 3 rings (SSSR count). The monoisotopic (exact) mass is 350 g/mol. The van der Waals surface area contributed by atoms with E-state index in [2.05, 4.69) is 51.3 Å². The van der Waals surface area contributed by atoms with E-state index in [9.17, 15) is 0 Å². The van der Waals surface area contributed by atoms with Crippen molar-refractivity contribution in [1.29, 1.82) is 0 Å². The van der Waals surface area contributed by atoms with Gasteiger partial charge in [-0.25, -0.2) is 0 Å². The number of nitrogens with zero attached hydrogens (tertiary/aromatic N) is 1. The number of hydrogen-bond donors (Lipinski definition) is 1. The Hall–Kier alpha value is -0.380. The zero-order valence-corrected chi connectivity index (χ0v) is 14.7. The van der Waals surface area contributed by atoms with E-state index in [1.165, 1.54) is 60.7 Å². The summed E-state index contributed by atoms with van der Waals surface area (Å²) in [5.41, 5.74) is 2.83. The van der Waals surface area contributed by atoms with Crippen molar-refractivity contribution in [2.75, 3.05) is 6.54 Å². The molecule has 1 aromatic rings. The predicted molar refractivity (Wildman–Crippen MR) is 92.3 cm³/mol. The molecule has 0 unspecified atom stereocenters. The second kappa shape index (κ2) is 7.26. The molecule has 2 aliphatic carbocycles. The fourth-order valence-electron chi connectivity index (χ4n) is 2.79. The fraction of sp³-hybridized carbons (Fsp3) is 0.667. The number of hydrogen-bond acceptors (Lipinski definition) is 2. The number of halogens is 1. The van der Waals surface area contributed by atoms with Crippen molar-refractivity contribution < 1.29 is 0 Å². The van der Waals surface area contributed by atoms with Gasteiger partial charge in [-0.05, 0) is 55.8 Å². The minimum absolute atomic E-state index is 0.780. The third kappa shape index (κ3) is 4.80. The van der Waals surface area contributed by atoms with Crippen LogP contribution in [0.25, 0.3) is 0 Å². The van der Waals surface area contributed by atoms with Gasteiger partial charge in [0.05, 0.1) is 0 Å². The van der Waals surface area contributed by atoms with E-state index in [-0.39, 0.29) is 0 Å². The van der Waals surface area contributed by atoms with Crippen LogP contribution in [-0.2, 0) is 13.1 Å². The van der Waals surface area contributed by atoms with E-state index in [4.69, 9.17) is 0 Å². The lowest BCUT2D eigenvalue weighted by molar-refractivity contribution is 0.250. The SMILES string of the molecule is CCCCN(Cc1ccc(CNC2CC2)cc1Br)C1CC1. The van der Waals surface area contributed by atoms with Gasteiger partial charge in [-0.1, -0.05) is 41.4 Å². The molecule has 0 atom stereocenters. The lowest BCUT2D eigenvalue weighted by Crippen LogP contribution is -2.26. The smallest absolute Gasteiger partial charge is 0.0247 e. The molecule has 3 heteroatoms. The topological polar surface area (TPSA) is 15.3 Å². The summed E-state index contributed by atoms with van der Waals surface area (Å²) in [7, 11) is 0. The van der Waals surface area contributed by atoms with Crippen LogP contribution in [0.3, 0.4) is 0 Å². The zero-order chi connectivity index (χ0) is 14.7. The molecular formula is C18H27BrN2. The number of unbranched alkanes of at least 4 members (excludes halogenated alkanes) is 1. The number of benzene rings is 1. The standard InChI is InChI=1S/C18H27BrN2/c1-2-3-10-21(17-8-9-17)13-15-5-4-14(11-18(15)19)12-20-16-6-7-16/h4-5,11,16-17,20H,2-3,6-10,12-13H2,1H3.